The Morgan fingerprint density at radius 3 is 2.50 bits per heavy atom. The van der Waals surface area contributed by atoms with Gasteiger partial charge in [0.2, 0.25) is 0 Å². The Kier molecular flexibility index (Phi) is 3.77. The van der Waals surface area contributed by atoms with Gasteiger partial charge < -0.3 is 15.2 Å². The standard InChI is InChI=1S/C11H17NO2/c1-4-10(12)9-7-8(13-2)5-6-11(9)14-3/h5-7,10H,4,12H2,1-3H3/t10-/m0/s1. The van der Waals surface area contributed by atoms with E-state index in [1.54, 1.807) is 14.2 Å². The Bertz CT molecular complexity index is 299. The molecule has 0 aliphatic carbocycles. The first kappa shape index (κ1) is 10.9. The summed E-state index contributed by atoms with van der Waals surface area (Å²) in [5.41, 5.74) is 6.95. The Labute approximate surface area is 84.8 Å². The van der Waals surface area contributed by atoms with Crippen LogP contribution in [0.4, 0.5) is 0 Å². The zero-order valence-electron chi connectivity index (χ0n) is 8.91. The first-order chi connectivity index (χ1) is 6.72. The molecule has 3 nitrogen and oxygen atoms in total. The number of nitrogens with two attached hydrogens (primary N) is 1. The van der Waals surface area contributed by atoms with E-state index in [0.29, 0.717) is 0 Å². The number of hydrogen-bond donors (Lipinski definition) is 1. The topological polar surface area (TPSA) is 44.5 Å². The van der Waals surface area contributed by atoms with E-state index in [4.69, 9.17) is 15.2 Å². The molecule has 0 aliphatic heterocycles. The van der Waals surface area contributed by atoms with Crippen molar-refractivity contribution in [3.63, 3.8) is 0 Å². The smallest absolute Gasteiger partial charge is 0.123 e. The third kappa shape index (κ3) is 2.17. The highest BCUT2D eigenvalue weighted by Crippen LogP contribution is 2.29. The lowest BCUT2D eigenvalue weighted by atomic mass is 10.0. The highest BCUT2D eigenvalue weighted by atomic mass is 16.5. The van der Waals surface area contributed by atoms with E-state index in [-0.39, 0.29) is 6.04 Å². The molecular formula is C11H17NO2. The van der Waals surface area contributed by atoms with Crippen LogP contribution in [0.5, 0.6) is 11.5 Å². The van der Waals surface area contributed by atoms with Crippen molar-refractivity contribution in [2.45, 2.75) is 19.4 Å². The molecule has 1 aromatic rings. The molecule has 0 aromatic heterocycles. The van der Waals surface area contributed by atoms with E-state index in [1.165, 1.54) is 0 Å². The molecular weight excluding hydrogens is 178 g/mol. The summed E-state index contributed by atoms with van der Waals surface area (Å²) in [4.78, 5) is 0. The lowest BCUT2D eigenvalue weighted by molar-refractivity contribution is 0.394. The van der Waals surface area contributed by atoms with Gasteiger partial charge in [-0.2, -0.15) is 0 Å². The minimum atomic E-state index is 0.0000463. The molecule has 1 atom stereocenters. The summed E-state index contributed by atoms with van der Waals surface area (Å²) >= 11 is 0. The molecule has 1 rings (SSSR count). The quantitative estimate of drug-likeness (QED) is 0.800. The second-order valence-electron chi connectivity index (χ2n) is 3.12. The van der Waals surface area contributed by atoms with Crippen LogP contribution in [0.2, 0.25) is 0 Å². The summed E-state index contributed by atoms with van der Waals surface area (Å²) in [5.74, 6) is 1.63. The molecule has 0 fully saturated rings. The van der Waals surface area contributed by atoms with E-state index in [9.17, 15) is 0 Å². The average Bonchev–Trinajstić information content (AvgIpc) is 2.27. The van der Waals surface area contributed by atoms with Crippen LogP contribution in [-0.2, 0) is 0 Å². The Hall–Kier alpha value is -1.22. The molecule has 14 heavy (non-hydrogen) atoms. The Balaban J connectivity index is 3.08. The van der Waals surface area contributed by atoms with Gasteiger partial charge in [-0.25, -0.2) is 0 Å². The van der Waals surface area contributed by atoms with Crippen LogP contribution in [0.25, 0.3) is 0 Å². The van der Waals surface area contributed by atoms with Crippen molar-refractivity contribution in [1.29, 1.82) is 0 Å². The summed E-state index contributed by atoms with van der Waals surface area (Å²) in [6.45, 7) is 2.05. The van der Waals surface area contributed by atoms with Crippen molar-refractivity contribution in [2.75, 3.05) is 14.2 Å². The van der Waals surface area contributed by atoms with Crippen LogP contribution in [0.3, 0.4) is 0 Å². The van der Waals surface area contributed by atoms with E-state index in [2.05, 4.69) is 0 Å². The molecule has 0 bridgehead atoms. The number of hydrogen-bond acceptors (Lipinski definition) is 3. The fourth-order valence-electron chi connectivity index (χ4n) is 1.35. The number of rotatable bonds is 4. The predicted molar refractivity (Wildman–Crippen MR) is 56.8 cm³/mol. The van der Waals surface area contributed by atoms with Gasteiger partial charge in [-0.05, 0) is 24.6 Å². The van der Waals surface area contributed by atoms with Crippen LogP contribution >= 0.6 is 0 Å². The van der Waals surface area contributed by atoms with E-state index < -0.39 is 0 Å². The molecule has 3 heteroatoms. The predicted octanol–water partition coefficient (Wildman–Crippen LogP) is 2.11. The van der Waals surface area contributed by atoms with Crippen molar-refractivity contribution in [2.24, 2.45) is 5.73 Å². The Morgan fingerprint density at radius 1 is 1.29 bits per heavy atom. The minimum Gasteiger partial charge on any atom is -0.497 e. The monoisotopic (exact) mass is 195 g/mol. The largest absolute Gasteiger partial charge is 0.497 e. The first-order valence-corrected chi connectivity index (χ1v) is 4.70. The van der Waals surface area contributed by atoms with E-state index in [0.717, 1.165) is 23.5 Å². The van der Waals surface area contributed by atoms with Crippen molar-refractivity contribution >= 4 is 0 Å². The average molecular weight is 195 g/mol. The molecule has 0 aliphatic rings. The maximum atomic E-state index is 5.96. The summed E-state index contributed by atoms with van der Waals surface area (Å²) in [7, 11) is 3.29. The normalized spacial score (nSPS) is 12.3. The van der Waals surface area contributed by atoms with Crippen LogP contribution < -0.4 is 15.2 Å². The van der Waals surface area contributed by atoms with Crippen molar-refractivity contribution < 1.29 is 9.47 Å². The Morgan fingerprint density at radius 2 is 2.00 bits per heavy atom. The van der Waals surface area contributed by atoms with Crippen LogP contribution in [0.15, 0.2) is 18.2 Å². The van der Waals surface area contributed by atoms with Gasteiger partial charge in [-0.1, -0.05) is 6.92 Å². The summed E-state index contributed by atoms with van der Waals surface area (Å²) in [6.07, 6.45) is 0.878. The first-order valence-electron chi connectivity index (χ1n) is 4.70. The van der Waals surface area contributed by atoms with E-state index >= 15 is 0 Å². The van der Waals surface area contributed by atoms with Gasteiger partial charge in [0.15, 0.2) is 0 Å². The molecule has 0 spiro atoms. The molecule has 0 heterocycles. The number of benzene rings is 1. The zero-order valence-corrected chi connectivity index (χ0v) is 8.91. The molecule has 78 valence electrons. The van der Waals surface area contributed by atoms with Gasteiger partial charge >= 0.3 is 0 Å². The third-order valence-electron chi connectivity index (χ3n) is 2.28. The van der Waals surface area contributed by atoms with Gasteiger partial charge in [-0.3, -0.25) is 0 Å². The molecule has 0 unspecified atom stereocenters. The van der Waals surface area contributed by atoms with Crippen LogP contribution in [-0.4, -0.2) is 14.2 Å². The molecule has 0 saturated carbocycles. The summed E-state index contributed by atoms with van der Waals surface area (Å²) in [5, 5.41) is 0. The van der Waals surface area contributed by atoms with Gasteiger partial charge in [0.25, 0.3) is 0 Å². The SMILES string of the molecule is CC[C@H](N)c1cc(OC)ccc1OC. The van der Waals surface area contributed by atoms with Crippen molar-refractivity contribution in [1.82, 2.24) is 0 Å². The van der Waals surface area contributed by atoms with Gasteiger partial charge in [-0.15, -0.1) is 0 Å². The van der Waals surface area contributed by atoms with Crippen molar-refractivity contribution in [3.8, 4) is 11.5 Å². The highest BCUT2D eigenvalue weighted by molar-refractivity contribution is 5.42. The zero-order chi connectivity index (χ0) is 10.6. The van der Waals surface area contributed by atoms with Gasteiger partial charge in [0.1, 0.15) is 11.5 Å². The highest BCUT2D eigenvalue weighted by Gasteiger charge is 2.10. The van der Waals surface area contributed by atoms with E-state index in [1.807, 2.05) is 25.1 Å². The number of ether oxygens (including phenoxy) is 2. The second kappa shape index (κ2) is 4.86. The lowest BCUT2D eigenvalue weighted by Gasteiger charge is -2.14. The molecule has 0 amide bonds. The molecule has 0 saturated heterocycles. The van der Waals surface area contributed by atoms with Crippen molar-refractivity contribution in [3.05, 3.63) is 23.8 Å². The minimum absolute atomic E-state index is 0.0000463. The number of methoxy groups -OCH3 is 2. The van der Waals surface area contributed by atoms with Gasteiger partial charge in [0.05, 0.1) is 14.2 Å². The lowest BCUT2D eigenvalue weighted by Crippen LogP contribution is -2.10. The molecule has 1 aromatic carbocycles. The maximum Gasteiger partial charge on any atom is 0.123 e. The van der Waals surface area contributed by atoms with Gasteiger partial charge in [0, 0.05) is 11.6 Å². The molecule has 2 N–H and O–H groups in total. The second-order valence-corrected chi connectivity index (χ2v) is 3.12. The summed E-state index contributed by atoms with van der Waals surface area (Å²) in [6, 6.07) is 5.67. The van der Waals surface area contributed by atoms with Crippen LogP contribution in [0, 0.1) is 0 Å². The fraction of sp³-hybridized carbons (Fsp3) is 0.455. The maximum absolute atomic E-state index is 5.96. The summed E-state index contributed by atoms with van der Waals surface area (Å²) < 4.78 is 10.4. The fourth-order valence-corrected chi connectivity index (χ4v) is 1.35. The third-order valence-corrected chi connectivity index (χ3v) is 2.28. The van der Waals surface area contributed by atoms with Crippen LogP contribution in [0.1, 0.15) is 24.9 Å². The molecule has 0 radical (unpaired) electrons.